The Morgan fingerprint density at radius 3 is 1.86 bits per heavy atom. The highest BCUT2D eigenvalue weighted by Crippen LogP contribution is 2.71. The molecule has 420 valence electrons. The number of ether oxygens (including phenoxy) is 10. The van der Waals surface area contributed by atoms with E-state index in [1.54, 1.807) is 0 Å². The van der Waals surface area contributed by atoms with Crippen molar-refractivity contribution in [2.75, 3.05) is 33.0 Å². The van der Waals surface area contributed by atoms with Crippen molar-refractivity contribution >= 4 is 0 Å². The van der Waals surface area contributed by atoms with Gasteiger partial charge in [0.25, 0.3) is 0 Å². The van der Waals surface area contributed by atoms with Crippen LogP contribution in [0.4, 0.5) is 0 Å². The quantitative estimate of drug-likeness (QED) is 0.0902. The number of rotatable bonds is 11. The Morgan fingerprint density at radius 1 is 0.534 bits per heavy atom. The van der Waals surface area contributed by atoms with E-state index in [2.05, 4.69) is 27.7 Å². The van der Waals surface area contributed by atoms with E-state index in [1.807, 2.05) is 0 Å². The fourth-order valence-corrected chi connectivity index (χ4v) is 15.9. The summed E-state index contributed by atoms with van der Waals surface area (Å²) in [6.07, 6.45) is -26.9. The SMILES string of the molecule is CC1CCC2(OC1)OC1CC3C4CCC5CC(OC6OC(CO)C(OC7OC(CO)C(O)C(OC8OC(CO)C(O)C(O)C8O)C7OC7OCC(O)C(O)C7O)C(O)C6O)CC(O)C5(C)C4CCC3(C)C1C2C. The van der Waals surface area contributed by atoms with Crippen molar-refractivity contribution in [2.45, 2.75) is 226 Å². The molecule has 32 unspecified atom stereocenters. The van der Waals surface area contributed by atoms with Gasteiger partial charge in [-0.2, -0.15) is 0 Å². The maximum absolute atomic E-state index is 12.3. The van der Waals surface area contributed by atoms with E-state index in [9.17, 15) is 66.4 Å². The van der Waals surface area contributed by atoms with Crippen LogP contribution in [0.1, 0.15) is 85.5 Å². The smallest absolute Gasteiger partial charge is 0.187 e. The first kappa shape index (κ1) is 55.4. The maximum Gasteiger partial charge on any atom is 0.187 e. The molecule has 0 amide bonds. The van der Waals surface area contributed by atoms with Gasteiger partial charge in [0, 0.05) is 18.8 Å². The van der Waals surface area contributed by atoms with Gasteiger partial charge in [-0.25, -0.2) is 0 Å². The van der Waals surface area contributed by atoms with Crippen molar-refractivity contribution in [3.8, 4) is 0 Å². The van der Waals surface area contributed by atoms with E-state index in [0.29, 0.717) is 41.9 Å². The van der Waals surface area contributed by atoms with Gasteiger partial charge in [-0.05, 0) is 91.3 Å². The van der Waals surface area contributed by atoms with Crippen molar-refractivity contribution in [1.82, 2.24) is 0 Å². The molecular formula is C50H82O23. The van der Waals surface area contributed by atoms with E-state index in [-0.39, 0.29) is 23.9 Å². The lowest BCUT2D eigenvalue weighted by atomic mass is 9.43. The van der Waals surface area contributed by atoms with Gasteiger partial charge in [-0.3, -0.25) is 0 Å². The highest BCUT2D eigenvalue weighted by Gasteiger charge is 2.70. The standard InChI is InChI=1S/C50H82O23/c1-19-7-10-50(65-17-19)20(2)32-27(73-50)13-25-23-6-5-21-11-22(12-31(55)49(21,4)24(23)8-9-48(25,32)3)66-45-40(63)37(60)41(30(16-53)69-45)70-47-43(72-44-38(61)33(56)26(54)18-64-44)42(35(58)29(15-52)68-47)71-46-39(62)36(59)34(57)28(14-51)67-46/h19-47,51-63H,5-18H2,1-4H3. The number of aliphatic hydroxyl groups excluding tert-OH is 13. The molecule has 10 aliphatic rings. The normalized spacial score (nSPS) is 58.2. The van der Waals surface area contributed by atoms with Crippen LogP contribution in [-0.4, -0.2) is 240 Å². The summed E-state index contributed by atoms with van der Waals surface area (Å²) in [7, 11) is 0. The fourth-order valence-electron chi connectivity index (χ4n) is 15.9. The van der Waals surface area contributed by atoms with Crippen LogP contribution in [0.2, 0.25) is 0 Å². The first-order valence-corrected chi connectivity index (χ1v) is 26.8. The molecule has 23 nitrogen and oxygen atoms in total. The molecule has 10 fully saturated rings. The molecule has 4 aliphatic carbocycles. The second-order valence-corrected chi connectivity index (χ2v) is 24.0. The topological polar surface area (TPSA) is 355 Å². The van der Waals surface area contributed by atoms with Crippen LogP contribution in [0.15, 0.2) is 0 Å². The molecule has 13 N–H and O–H groups in total. The minimum absolute atomic E-state index is 0.0867. The van der Waals surface area contributed by atoms with Crippen LogP contribution in [0, 0.1) is 52.3 Å². The molecule has 0 bridgehead atoms. The predicted octanol–water partition coefficient (Wildman–Crippen LogP) is -3.30. The number of aliphatic hydroxyl groups is 13. The summed E-state index contributed by atoms with van der Waals surface area (Å²) in [5, 5.41) is 141. The zero-order chi connectivity index (χ0) is 52.2. The number of hydrogen-bond donors (Lipinski definition) is 13. The third-order valence-electron chi connectivity index (χ3n) is 20.1. The molecule has 0 aromatic carbocycles. The Kier molecular flexibility index (Phi) is 16.1. The molecule has 6 saturated heterocycles. The van der Waals surface area contributed by atoms with E-state index in [4.69, 9.17) is 47.4 Å². The Bertz CT molecular complexity index is 1860. The summed E-state index contributed by atoms with van der Waals surface area (Å²) in [6.45, 7) is 6.93. The van der Waals surface area contributed by atoms with Crippen molar-refractivity contribution in [3.05, 3.63) is 0 Å². The third-order valence-corrected chi connectivity index (χ3v) is 20.1. The Morgan fingerprint density at radius 2 is 1.16 bits per heavy atom. The van der Waals surface area contributed by atoms with E-state index >= 15 is 0 Å². The lowest BCUT2D eigenvalue weighted by Gasteiger charge is -2.62. The molecule has 6 heterocycles. The predicted molar refractivity (Wildman–Crippen MR) is 244 cm³/mol. The Labute approximate surface area is 424 Å². The first-order chi connectivity index (χ1) is 34.7. The largest absolute Gasteiger partial charge is 0.394 e. The Balaban J connectivity index is 0.821. The van der Waals surface area contributed by atoms with Gasteiger partial charge < -0.3 is 114 Å². The molecule has 1 spiro atoms. The van der Waals surface area contributed by atoms with Crippen LogP contribution in [0.25, 0.3) is 0 Å². The van der Waals surface area contributed by atoms with Gasteiger partial charge in [0.05, 0.1) is 51.3 Å². The third kappa shape index (κ3) is 9.39. The molecule has 32 atom stereocenters. The molecule has 0 radical (unpaired) electrons. The zero-order valence-corrected chi connectivity index (χ0v) is 42.0. The highest BCUT2D eigenvalue weighted by molar-refractivity contribution is 5.16. The monoisotopic (exact) mass is 1050 g/mol. The minimum atomic E-state index is -1.99. The molecule has 10 rings (SSSR count). The van der Waals surface area contributed by atoms with Crippen LogP contribution in [0.5, 0.6) is 0 Å². The van der Waals surface area contributed by atoms with Crippen LogP contribution < -0.4 is 0 Å². The molecule has 4 saturated carbocycles. The summed E-state index contributed by atoms with van der Waals surface area (Å²) < 4.78 is 61.2. The van der Waals surface area contributed by atoms with Gasteiger partial charge in [0.1, 0.15) is 91.6 Å². The van der Waals surface area contributed by atoms with Crippen molar-refractivity contribution in [3.63, 3.8) is 0 Å². The first-order valence-electron chi connectivity index (χ1n) is 26.8. The van der Waals surface area contributed by atoms with Crippen molar-refractivity contribution in [2.24, 2.45) is 52.3 Å². The molecule has 0 aromatic heterocycles. The Hall–Kier alpha value is -0.920. The van der Waals surface area contributed by atoms with Gasteiger partial charge in [0.2, 0.25) is 0 Å². The highest BCUT2D eigenvalue weighted by atomic mass is 16.8. The maximum atomic E-state index is 12.3. The second-order valence-electron chi connectivity index (χ2n) is 24.0. The molecule has 73 heavy (non-hydrogen) atoms. The zero-order valence-electron chi connectivity index (χ0n) is 42.0. The minimum Gasteiger partial charge on any atom is -0.394 e. The summed E-state index contributed by atoms with van der Waals surface area (Å²) in [6, 6.07) is 0. The average molecular weight is 1050 g/mol. The van der Waals surface area contributed by atoms with Crippen LogP contribution >= 0.6 is 0 Å². The van der Waals surface area contributed by atoms with Gasteiger partial charge in [-0.1, -0.05) is 27.7 Å². The molecule has 23 heteroatoms. The number of hydrogen-bond acceptors (Lipinski definition) is 23. The summed E-state index contributed by atoms with van der Waals surface area (Å²) >= 11 is 0. The molecular weight excluding hydrogens is 969 g/mol. The number of fused-ring (bicyclic) bond motifs is 7. The fraction of sp³-hybridized carbons (Fsp3) is 1.00. The lowest BCUT2D eigenvalue weighted by Crippen LogP contribution is -2.68. The average Bonchev–Trinajstić information content (AvgIpc) is 3.82. The van der Waals surface area contributed by atoms with E-state index < -0.39 is 167 Å². The summed E-state index contributed by atoms with van der Waals surface area (Å²) in [5.74, 6) is 2.03. The molecule has 6 aliphatic heterocycles. The second kappa shape index (κ2) is 21.3. The van der Waals surface area contributed by atoms with E-state index in [1.165, 1.54) is 0 Å². The summed E-state index contributed by atoms with van der Waals surface area (Å²) in [4.78, 5) is 0. The van der Waals surface area contributed by atoms with E-state index in [0.717, 1.165) is 51.6 Å². The van der Waals surface area contributed by atoms with Crippen LogP contribution in [0.3, 0.4) is 0 Å². The van der Waals surface area contributed by atoms with Gasteiger partial charge in [-0.15, -0.1) is 0 Å². The van der Waals surface area contributed by atoms with Crippen molar-refractivity contribution in [1.29, 1.82) is 0 Å². The van der Waals surface area contributed by atoms with Crippen LogP contribution in [-0.2, 0) is 47.4 Å². The van der Waals surface area contributed by atoms with Gasteiger partial charge in [0.15, 0.2) is 30.9 Å². The summed E-state index contributed by atoms with van der Waals surface area (Å²) in [5.41, 5.74) is -0.283. The van der Waals surface area contributed by atoms with Gasteiger partial charge >= 0.3 is 0 Å². The lowest BCUT2D eigenvalue weighted by molar-refractivity contribution is -0.403. The molecule has 0 aromatic rings. The van der Waals surface area contributed by atoms with Crippen molar-refractivity contribution < 1.29 is 114 Å².